The summed E-state index contributed by atoms with van der Waals surface area (Å²) >= 11 is 3.06. The lowest BCUT2D eigenvalue weighted by molar-refractivity contribution is -0.144. The monoisotopic (exact) mass is 974 g/mol. The minimum atomic E-state index is -0.832. The van der Waals surface area contributed by atoms with Crippen molar-refractivity contribution in [2.24, 2.45) is 5.41 Å². The number of likely N-dealkylation sites (tertiary alicyclic amines) is 1. The van der Waals surface area contributed by atoms with Crippen molar-refractivity contribution in [2.75, 3.05) is 45.9 Å². The molecule has 1 unspecified atom stereocenters. The molecule has 4 amide bonds. The highest BCUT2D eigenvalue weighted by atomic mass is 32.1. The summed E-state index contributed by atoms with van der Waals surface area (Å²) in [5.41, 5.74) is 5.05. The third-order valence-electron chi connectivity index (χ3n) is 12.7. The molecule has 0 radical (unpaired) electrons. The molecule has 2 fully saturated rings. The number of aryl methyl sites for hydroxylation is 1. The normalized spacial score (nSPS) is 15.8. The van der Waals surface area contributed by atoms with Crippen molar-refractivity contribution in [1.82, 2.24) is 30.3 Å². The molecule has 8 rings (SSSR count). The molecule has 2 aromatic heterocycles. The SMILES string of the molecule is Cc1ncsc1-c1ccc(CNC(=O)[C@@H]2CCCN2C(=O)C(NC(=O)CCCC(=O)N2CCN(CCOc3ccc(Oc4c(-c5ccc(F)cc5)sc5cc(O)ccc45)cc3)CC2)C(C)(C)C)cc1. The van der Waals surface area contributed by atoms with Crippen LogP contribution in [0.2, 0.25) is 0 Å². The Bertz CT molecular complexity index is 2750. The van der Waals surface area contributed by atoms with Gasteiger partial charge >= 0.3 is 0 Å². The van der Waals surface area contributed by atoms with Gasteiger partial charge in [-0.05, 0) is 103 Å². The summed E-state index contributed by atoms with van der Waals surface area (Å²) in [5, 5.41) is 16.9. The van der Waals surface area contributed by atoms with Crippen LogP contribution in [0.15, 0.2) is 96.5 Å². The van der Waals surface area contributed by atoms with Gasteiger partial charge < -0.3 is 35.0 Å². The number of thiophene rings is 1. The number of carbonyl (C=O) groups is 4. The van der Waals surface area contributed by atoms with E-state index in [2.05, 4.69) is 20.5 Å². The number of nitrogens with zero attached hydrogens (tertiary/aromatic N) is 4. The van der Waals surface area contributed by atoms with Crippen LogP contribution in [-0.4, -0.2) is 106 Å². The van der Waals surface area contributed by atoms with E-state index in [4.69, 9.17) is 9.47 Å². The Morgan fingerprint density at radius 2 is 1.57 bits per heavy atom. The molecule has 2 atom stereocenters. The molecule has 0 saturated carbocycles. The number of benzene rings is 4. The second-order valence-corrected chi connectivity index (χ2v) is 20.6. The predicted octanol–water partition coefficient (Wildman–Crippen LogP) is 9.17. The highest BCUT2D eigenvalue weighted by molar-refractivity contribution is 7.22. The smallest absolute Gasteiger partial charge is 0.246 e. The summed E-state index contributed by atoms with van der Waals surface area (Å²) in [5.74, 6) is 0.981. The molecule has 6 aromatic rings. The fraction of sp³-hybridized carbons (Fsp3) is 0.377. The van der Waals surface area contributed by atoms with Crippen molar-refractivity contribution in [3.05, 3.63) is 114 Å². The molecular formula is C53H59FN6O7S2. The van der Waals surface area contributed by atoms with E-state index < -0.39 is 17.5 Å². The Balaban J connectivity index is 0.740. The van der Waals surface area contributed by atoms with Gasteiger partial charge in [-0.15, -0.1) is 22.7 Å². The van der Waals surface area contributed by atoms with Crippen LogP contribution in [0.3, 0.4) is 0 Å². The molecule has 362 valence electrons. The summed E-state index contributed by atoms with van der Waals surface area (Å²) < 4.78 is 27.0. The summed E-state index contributed by atoms with van der Waals surface area (Å²) in [6.07, 6.45) is 1.94. The third-order valence-corrected chi connectivity index (χ3v) is 14.8. The van der Waals surface area contributed by atoms with Gasteiger partial charge in [0, 0.05) is 68.7 Å². The number of aromatic hydroxyl groups is 1. The molecule has 4 aromatic carbocycles. The van der Waals surface area contributed by atoms with Gasteiger partial charge in [-0.2, -0.15) is 0 Å². The molecule has 4 heterocycles. The van der Waals surface area contributed by atoms with Gasteiger partial charge in [-0.25, -0.2) is 9.37 Å². The van der Waals surface area contributed by atoms with E-state index in [1.54, 1.807) is 40.5 Å². The zero-order chi connectivity index (χ0) is 48.7. The molecule has 13 nitrogen and oxygen atoms in total. The summed E-state index contributed by atoms with van der Waals surface area (Å²) in [7, 11) is 0. The number of hydrogen-bond donors (Lipinski definition) is 3. The molecule has 3 N–H and O–H groups in total. The lowest BCUT2D eigenvalue weighted by Gasteiger charge is -2.35. The first-order valence-electron chi connectivity index (χ1n) is 23.5. The Labute approximate surface area is 410 Å². The number of thiazole rings is 1. The van der Waals surface area contributed by atoms with E-state index in [-0.39, 0.29) is 48.0 Å². The van der Waals surface area contributed by atoms with Crippen molar-refractivity contribution in [1.29, 1.82) is 0 Å². The van der Waals surface area contributed by atoms with Gasteiger partial charge in [-0.1, -0.05) is 57.2 Å². The standard InChI is InChI=1S/C53H59FN6O7S2/c1-34-48(68-33-56-34)36-12-10-35(11-13-36)32-55-51(64)43-7-6-24-60(43)52(65)50(53(2,3)4)57-45(62)8-5-9-46(63)59-27-25-58(26-28-59)29-30-66-40-19-21-41(22-20-40)67-47-42-23-18-39(61)31-44(42)69-49(47)37-14-16-38(54)17-15-37/h10-23,31,33,43,50,61H,5-9,24-30,32H2,1-4H3,(H,55,64)(H,57,62)/t43-,50?/m0/s1. The van der Waals surface area contributed by atoms with Gasteiger partial charge in [0.15, 0.2) is 5.75 Å². The first kappa shape index (κ1) is 49.1. The molecule has 69 heavy (non-hydrogen) atoms. The van der Waals surface area contributed by atoms with Gasteiger partial charge in [0.2, 0.25) is 23.6 Å². The molecule has 2 saturated heterocycles. The number of nitrogens with one attached hydrogen (secondary N) is 2. The summed E-state index contributed by atoms with van der Waals surface area (Å²) in [6.45, 7) is 12.2. The lowest BCUT2D eigenvalue weighted by Crippen LogP contribution is -2.57. The number of carbonyl (C=O) groups excluding carboxylic acids is 4. The molecule has 16 heteroatoms. The van der Waals surface area contributed by atoms with Crippen molar-refractivity contribution < 1.29 is 38.1 Å². The first-order chi connectivity index (χ1) is 33.2. The molecular weight excluding hydrogens is 916 g/mol. The van der Waals surface area contributed by atoms with Crippen LogP contribution >= 0.6 is 22.7 Å². The average Bonchev–Trinajstić information content (AvgIpc) is 4.10. The second kappa shape index (κ2) is 21.9. The largest absolute Gasteiger partial charge is 0.508 e. The Morgan fingerprint density at radius 3 is 2.26 bits per heavy atom. The first-order valence-corrected chi connectivity index (χ1v) is 25.2. The minimum absolute atomic E-state index is 0.000361. The highest BCUT2D eigenvalue weighted by Gasteiger charge is 2.42. The Morgan fingerprint density at radius 1 is 0.870 bits per heavy atom. The number of phenols is 1. The van der Waals surface area contributed by atoms with E-state index in [1.807, 2.05) is 92.7 Å². The van der Waals surface area contributed by atoms with Crippen LogP contribution in [0.1, 0.15) is 64.1 Å². The maximum atomic E-state index is 14.0. The summed E-state index contributed by atoms with van der Waals surface area (Å²) in [6, 6.07) is 25.3. The lowest BCUT2D eigenvalue weighted by atomic mass is 9.85. The number of ether oxygens (including phenoxy) is 2. The van der Waals surface area contributed by atoms with E-state index in [0.29, 0.717) is 88.9 Å². The number of rotatable bonds is 17. The number of amides is 4. The molecule has 0 aliphatic carbocycles. The molecule has 2 aliphatic heterocycles. The Kier molecular flexibility index (Phi) is 15.6. The van der Waals surface area contributed by atoms with Gasteiger partial charge in [-0.3, -0.25) is 24.1 Å². The number of phenolic OH excluding ortho intramolecular Hbond substituents is 1. The highest BCUT2D eigenvalue weighted by Crippen LogP contribution is 2.47. The van der Waals surface area contributed by atoms with Crippen LogP contribution < -0.4 is 20.1 Å². The number of hydrogen-bond acceptors (Lipinski definition) is 11. The quantitative estimate of drug-likeness (QED) is 0.0812. The van der Waals surface area contributed by atoms with E-state index >= 15 is 0 Å². The van der Waals surface area contributed by atoms with Crippen molar-refractivity contribution in [3.63, 3.8) is 0 Å². The number of piperazine rings is 1. The fourth-order valence-corrected chi connectivity index (χ4v) is 10.7. The van der Waals surface area contributed by atoms with Crippen LogP contribution in [0.5, 0.6) is 23.0 Å². The maximum Gasteiger partial charge on any atom is 0.246 e. The van der Waals surface area contributed by atoms with Crippen molar-refractivity contribution >= 4 is 56.4 Å². The zero-order valence-electron chi connectivity index (χ0n) is 39.5. The maximum absolute atomic E-state index is 14.0. The van der Waals surface area contributed by atoms with E-state index in [9.17, 15) is 28.7 Å². The number of halogens is 1. The third kappa shape index (κ3) is 12.3. The predicted molar refractivity (Wildman–Crippen MR) is 268 cm³/mol. The van der Waals surface area contributed by atoms with E-state index in [0.717, 1.165) is 42.2 Å². The molecule has 0 bridgehead atoms. The molecule has 2 aliphatic rings. The topological polar surface area (TPSA) is 154 Å². The number of aromatic nitrogens is 1. The van der Waals surface area contributed by atoms with Gasteiger partial charge in [0.05, 0.1) is 21.0 Å². The van der Waals surface area contributed by atoms with Crippen molar-refractivity contribution in [3.8, 4) is 43.9 Å². The average molecular weight is 975 g/mol. The number of fused-ring (bicyclic) bond motifs is 1. The second-order valence-electron chi connectivity index (χ2n) is 18.7. The van der Waals surface area contributed by atoms with Crippen LogP contribution in [0.4, 0.5) is 4.39 Å². The summed E-state index contributed by atoms with van der Waals surface area (Å²) in [4.78, 5) is 66.0. The van der Waals surface area contributed by atoms with Crippen molar-refractivity contribution in [2.45, 2.75) is 78.4 Å². The van der Waals surface area contributed by atoms with Crippen LogP contribution in [-0.2, 0) is 25.7 Å². The van der Waals surface area contributed by atoms with Gasteiger partial charge in [0.25, 0.3) is 0 Å². The van der Waals surface area contributed by atoms with E-state index in [1.165, 1.54) is 23.5 Å². The zero-order valence-corrected chi connectivity index (χ0v) is 41.1. The van der Waals surface area contributed by atoms with Crippen LogP contribution in [0, 0.1) is 18.2 Å². The molecule has 0 spiro atoms. The van der Waals surface area contributed by atoms with Gasteiger partial charge in [0.1, 0.15) is 41.8 Å². The Hall–Kier alpha value is -6.36. The fourth-order valence-electron chi connectivity index (χ4n) is 8.76. The minimum Gasteiger partial charge on any atom is -0.508 e. The van der Waals surface area contributed by atoms with Crippen LogP contribution in [0.25, 0.3) is 31.0 Å².